The molecule has 0 radical (unpaired) electrons. The van der Waals surface area contributed by atoms with Crippen molar-refractivity contribution >= 4 is 11.6 Å². The lowest BCUT2D eigenvalue weighted by Gasteiger charge is -2.24. The number of para-hydroxylation sites is 1. The van der Waals surface area contributed by atoms with Crippen LogP contribution < -0.4 is 4.90 Å². The molecule has 0 bridgehead atoms. The molecule has 1 aliphatic heterocycles. The Morgan fingerprint density at radius 2 is 1.68 bits per heavy atom. The third-order valence-corrected chi connectivity index (χ3v) is 4.42. The molecule has 0 saturated carbocycles. The fraction of sp³-hybridized carbons (Fsp3) is 0.350. The summed E-state index contributed by atoms with van der Waals surface area (Å²) < 4.78 is 0. The smallest absolute Gasteiger partial charge is 0.258 e. The Bertz CT molecular complexity index is 694. The summed E-state index contributed by atoms with van der Waals surface area (Å²) in [6, 6.07) is 16.5. The van der Waals surface area contributed by atoms with Gasteiger partial charge in [-0.3, -0.25) is 4.79 Å². The molecule has 1 heterocycles. The molecule has 22 heavy (non-hydrogen) atoms. The van der Waals surface area contributed by atoms with Gasteiger partial charge in [0.1, 0.15) is 0 Å². The molecule has 0 fully saturated rings. The second kappa shape index (κ2) is 5.28. The number of carbonyl (C=O) groups excluding carboxylic acids is 1. The monoisotopic (exact) mass is 293 g/mol. The van der Waals surface area contributed by atoms with E-state index in [0.717, 1.165) is 17.7 Å². The van der Waals surface area contributed by atoms with Crippen LogP contribution in [0.5, 0.6) is 0 Å². The quantitative estimate of drug-likeness (QED) is 0.754. The number of fused-ring (bicyclic) bond motifs is 1. The molecule has 1 aliphatic rings. The zero-order chi connectivity index (χ0) is 15.9. The van der Waals surface area contributed by atoms with Crippen molar-refractivity contribution in [3.05, 3.63) is 65.2 Å². The zero-order valence-corrected chi connectivity index (χ0v) is 13.8. The zero-order valence-electron chi connectivity index (χ0n) is 13.8. The van der Waals surface area contributed by atoms with E-state index in [2.05, 4.69) is 45.9 Å². The topological polar surface area (TPSA) is 20.3 Å². The predicted octanol–water partition coefficient (Wildman–Crippen LogP) is 4.58. The molecule has 0 unspecified atom stereocenters. The summed E-state index contributed by atoms with van der Waals surface area (Å²) in [6.07, 6.45) is 0.933. The molecule has 2 heteroatoms. The van der Waals surface area contributed by atoms with Crippen LogP contribution in [0.15, 0.2) is 48.5 Å². The minimum atomic E-state index is 0.0953. The first-order chi connectivity index (χ1) is 10.4. The maximum atomic E-state index is 12.9. The van der Waals surface area contributed by atoms with E-state index in [9.17, 15) is 4.79 Å². The largest absolute Gasteiger partial charge is 0.305 e. The van der Waals surface area contributed by atoms with Gasteiger partial charge < -0.3 is 4.90 Å². The number of hydrogen-bond donors (Lipinski definition) is 0. The van der Waals surface area contributed by atoms with Crippen LogP contribution in [0.2, 0.25) is 0 Å². The van der Waals surface area contributed by atoms with Crippen molar-refractivity contribution in [1.82, 2.24) is 0 Å². The summed E-state index contributed by atoms with van der Waals surface area (Å²) in [5.41, 5.74) is 4.43. The minimum absolute atomic E-state index is 0.0953. The van der Waals surface area contributed by atoms with Crippen LogP contribution in [-0.4, -0.2) is 11.9 Å². The van der Waals surface area contributed by atoms with Gasteiger partial charge in [-0.2, -0.15) is 0 Å². The maximum Gasteiger partial charge on any atom is 0.258 e. The van der Waals surface area contributed by atoms with Crippen molar-refractivity contribution < 1.29 is 4.79 Å². The van der Waals surface area contributed by atoms with E-state index in [-0.39, 0.29) is 17.4 Å². The summed E-state index contributed by atoms with van der Waals surface area (Å²) >= 11 is 0. The van der Waals surface area contributed by atoms with Crippen molar-refractivity contribution in [3.63, 3.8) is 0 Å². The number of carbonyl (C=O) groups is 1. The third-order valence-electron chi connectivity index (χ3n) is 4.42. The molecule has 0 N–H and O–H groups in total. The van der Waals surface area contributed by atoms with Gasteiger partial charge >= 0.3 is 0 Å². The molecule has 114 valence electrons. The molecule has 1 atom stereocenters. The van der Waals surface area contributed by atoms with Crippen molar-refractivity contribution in [3.8, 4) is 0 Å². The highest BCUT2D eigenvalue weighted by atomic mass is 16.2. The first-order valence-corrected chi connectivity index (χ1v) is 7.90. The van der Waals surface area contributed by atoms with Crippen LogP contribution in [0.25, 0.3) is 0 Å². The third kappa shape index (κ3) is 2.54. The molecule has 0 aromatic heterocycles. The predicted molar refractivity (Wildman–Crippen MR) is 91.6 cm³/mol. The molecule has 0 spiro atoms. The molecule has 0 saturated heterocycles. The van der Waals surface area contributed by atoms with E-state index in [4.69, 9.17) is 0 Å². The van der Waals surface area contributed by atoms with Gasteiger partial charge in [-0.1, -0.05) is 51.1 Å². The second-order valence-electron chi connectivity index (χ2n) is 7.18. The molecule has 2 aromatic rings. The summed E-state index contributed by atoms with van der Waals surface area (Å²) in [5.74, 6) is 0.0953. The Labute approximate surface area is 132 Å². The highest BCUT2D eigenvalue weighted by Gasteiger charge is 2.31. The molecular formula is C20H23NO. The van der Waals surface area contributed by atoms with Gasteiger partial charge in [-0.15, -0.1) is 0 Å². The fourth-order valence-corrected chi connectivity index (χ4v) is 3.13. The standard InChI is InChI=1S/C20H23NO/c1-14-13-16-7-5-6-8-18(16)21(14)19(22)15-9-11-17(12-10-15)20(2,3)4/h5-12,14H,13H2,1-4H3/t14-/m1/s1. The van der Waals surface area contributed by atoms with Crippen LogP contribution in [0.1, 0.15) is 49.2 Å². The average Bonchev–Trinajstić information content (AvgIpc) is 2.81. The van der Waals surface area contributed by atoms with E-state index in [0.29, 0.717) is 0 Å². The minimum Gasteiger partial charge on any atom is -0.305 e. The van der Waals surface area contributed by atoms with Crippen molar-refractivity contribution in [2.75, 3.05) is 4.90 Å². The van der Waals surface area contributed by atoms with Gasteiger partial charge in [-0.05, 0) is 48.1 Å². The normalized spacial score (nSPS) is 17.5. The Hall–Kier alpha value is -2.09. The molecule has 1 amide bonds. The van der Waals surface area contributed by atoms with Crippen LogP contribution in [-0.2, 0) is 11.8 Å². The van der Waals surface area contributed by atoms with Gasteiger partial charge in [0.05, 0.1) is 0 Å². The lowest BCUT2D eigenvalue weighted by molar-refractivity contribution is 0.0981. The summed E-state index contributed by atoms with van der Waals surface area (Å²) in [4.78, 5) is 14.8. The second-order valence-corrected chi connectivity index (χ2v) is 7.18. The molecule has 3 rings (SSSR count). The highest BCUT2D eigenvalue weighted by Crippen LogP contribution is 2.33. The summed E-state index contributed by atoms with van der Waals surface area (Å²) in [7, 11) is 0. The number of nitrogens with zero attached hydrogens (tertiary/aromatic N) is 1. The van der Waals surface area contributed by atoms with Gasteiger partial charge in [-0.25, -0.2) is 0 Å². The number of anilines is 1. The molecule has 2 aromatic carbocycles. The maximum absolute atomic E-state index is 12.9. The van der Waals surface area contributed by atoms with Crippen LogP contribution >= 0.6 is 0 Å². The van der Waals surface area contributed by atoms with E-state index in [1.54, 1.807) is 0 Å². The molecule has 0 aliphatic carbocycles. The Morgan fingerprint density at radius 1 is 1.05 bits per heavy atom. The van der Waals surface area contributed by atoms with Gasteiger partial charge in [0.2, 0.25) is 0 Å². The lowest BCUT2D eigenvalue weighted by atomic mass is 9.86. The van der Waals surface area contributed by atoms with Crippen molar-refractivity contribution in [2.24, 2.45) is 0 Å². The van der Waals surface area contributed by atoms with Crippen molar-refractivity contribution in [2.45, 2.75) is 45.6 Å². The summed E-state index contributed by atoms with van der Waals surface area (Å²) in [6.45, 7) is 8.66. The number of hydrogen-bond acceptors (Lipinski definition) is 1. The Kier molecular flexibility index (Phi) is 3.56. The van der Waals surface area contributed by atoms with Crippen LogP contribution in [0.3, 0.4) is 0 Å². The molecule has 2 nitrogen and oxygen atoms in total. The first kappa shape index (κ1) is 14.8. The van der Waals surface area contributed by atoms with Gasteiger partial charge in [0, 0.05) is 17.3 Å². The molecular weight excluding hydrogens is 270 g/mol. The van der Waals surface area contributed by atoms with E-state index in [1.165, 1.54) is 11.1 Å². The highest BCUT2D eigenvalue weighted by molar-refractivity contribution is 6.07. The van der Waals surface area contributed by atoms with Gasteiger partial charge in [0.15, 0.2) is 0 Å². The fourth-order valence-electron chi connectivity index (χ4n) is 3.13. The SMILES string of the molecule is C[C@@H]1Cc2ccccc2N1C(=O)c1ccc(C(C)(C)C)cc1. The first-order valence-electron chi connectivity index (χ1n) is 7.90. The van der Waals surface area contributed by atoms with Crippen LogP contribution in [0.4, 0.5) is 5.69 Å². The van der Waals surface area contributed by atoms with Gasteiger partial charge in [0.25, 0.3) is 5.91 Å². The number of rotatable bonds is 1. The van der Waals surface area contributed by atoms with E-state index >= 15 is 0 Å². The van der Waals surface area contributed by atoms with Crippen LogP contribution in [0, 0.1) is 0 Å². The number of amides is 1. The van der Waals surface area contributed by atoms with E-state index in [1.807, 2.05) is 35.2 Å². The van der Waals surface area contributed by atoms with Crippen molar-refractivity contribution in [1.29, 1.82) is 0 Å². The van der Waals surface area contributed by atoms with E-state index < -0.39 is 0 Å². The number of benzene rings is 2. The average molecular weight is 293 g/mol. The summed E-state index contributed by atoms with van der Waals surface area (Å²) in [5, 5.41) is 0. The lowest BCUT2D eigenvalue weighted by Crippen LogP contribution is -2.35. The Balaban J connectivity index is 1.91. The Morgan fingerprint density at radius 3 is 2.32 bits per heavy atom.